The molecule has 0 amide bonds. The van der Waals surface area contributed by atoms with Gasteiger partial charge in [-0.15, -0.1) is 0 Å². The standard InChI is InChI=1S/C12H26N4O2S2/c1-10(2)9-14-20(17,18)16-7-5-15(6-8-16)12(3,4)11(13)19/h10,14H,5-9H2,1-4H3,(H2,13,19). The molecule has 0 aromatic rings. The quantitative estimate of drug-likeness (QED) is 0.681. The van der Waals surface area contributed by atoms with Gasteiger partial charge in [-0.1, -0.05) is 26.1 Å². The van der Waals surface area contributed by atoms with E-state index in [1.807, 2.05) is 27.7 Å². The predicted molar refractivity (Wildman–Crippen MR) is 85.8 cm³/mol. The number of nitrogens with zero attached hydrogens (tertiary/aromatic N) is 2. The lowest BCUT2D eigenvalue weighted by Gasteiger charge is -2.42. The summed E-state index contributed by atoms with van der Waals surface area (Å²) in [6.07, 6.45) is 0. The van der Waals surface area contributed by atoms with Crippen LogP contribution in [0.4, 0.5) is 0 Å². The topological polar surface area (TPSA) is 78.7 Å². The number of nitrogens with two attached hydrogens (primary N) is 1. The van der Waals surface area contributed by atoms with E-state index in [0.717, 1.165) is 0 Å². The van der Waals surface area contributed by atoms with Crippen LogP contribution in [0.1, 0.15) is 27.7 Å². The van der Waals surface area contributed by atoms with Crippen molar-refractivity contribution in [3.8, 4) is 0 Å². The first-order valence-corrected chi connectivity index (χ1v) is 8.72. The second kappa shape index (κ2) is 6.65. The summed E-state index contributed by atoms with van der Waals surface area (Å²) in [5, 5.41) is 0. The highest BCUT2D eigenvalue weighted by Gasteiger charge is 2.35. The van der Waals surface area contributed by atoms with Crippen LogP contribution in [0.15, 0.2) is 0 Å². The fourth-order valence-corrected chi connectivity index (χ4v) is 3.51. The summed E-state index contributed by atoms with van der Waals surface area (Å²) in [7, 11) is -3.37. The van der Waals surface area contributed by atoms with Crippen LogP contribution in [0, 0.1) is 5.92 Å². The highest BCUT2D eigenvalue weighted by atomic mass is 32.2. The van der Waals surface area contributed by atoms with E-state index in [2.05, 4.69) is 9.62 Å². The van der Waals surface area contributed by atoms with Crippen LogP contribution in [0.3, 0.4) is 0 Å². The average molecular weight is 323 g/mol. The molecule has 6 nitrogen and oxygen atoms in total. The van der Waals surface area contributed by atoms with Gasteiger partial charge >= 0.3 is 0 Å². The molecular formula is C12H26N4O2S2. The molecule has 8 heteroatoms. The molecule has 0 spiro atoms. The van der Waals surface area contributed by atoms with Gasteiger partial charge in [0.15, 0.2) is 0 Å². The summed E-state index contributed by atoms with van der Waals surface area (Å²) in [4.78, 5) is 2.57. The highest BCUT2D eigenvalue weighted by molar-refractivity contribution is 7.87. The Morgan fingerprint density at radius 3 is 2.20 bits per heavy atom. The number of hydrogen-bond donors (Lipinski definition) is 2. The van der Waals surface area contributed by atoms with Gasteiger partial charge < -0.3 is 5.73 Å². The summed E-state index contributed by atoms with van der Waals surface area (Å²) < 4.78 is 28.4. The molecule has 0 bridgehead atoms. The van der Waals surface area contributed by atoms with E-state index >= 15 is 0 Å². The van der Waals surface area contributed by atoms with Gasteiger partial charge in [-0.05, 0) is 19.8 Å². The van der Waals surface area contributed by atoms with E-state index in [-0.39, 0.29) is 5.54 Å². The maximum absolute atomic E-state index is 12.1. The van der Waals surface area contributed by atoms with Crippen molar-refractivity contribution in [2.24, 2.45) is 11.7 Å². The maximum Gasteiger partial charge on any atom is 0.279 e. The molecule has 0 atom stereocenters. The summed E-state index contributed by atoms with van der Waals surface area (Å²) in [6.45, 7) is 10.5. The fraction of sp³-hybridized carbons (Fsp3) is 0.917. The van der Waals surface area contributed by atoms with Gasteiger partial charge in [-0.2, -0.15) is 12.7 Å². The van der Waals surface area contributed by atoms with E-state index in [4.69, 9.17) is 18.0 Å². The van der Waals surface area contributed by atoms with Gasteiger partial charge in [0.1, 0.15) is 0 Å². The van der Waals surface area contributed by atoms with E-state index in [0.29, 0.717) is 43.6 Å². The van der Waals surface area contributed by atoms with Crippen molar-refractivity contribution in [1.29, 1.82) is 0 Å². The van der Waals surface area contributed by atoms with Gasteiger partial charge in [0, 0.05) is 32.7 Å². The van der Waals surface area contributed by atoms with Crippen molar-refractivity contribution in [1.82, 2.24) is 13.9 Å². The summed E-state index contributed by atoms with van der Waals surface area (Å²) in [5.41, 5.74) is 5.37. The summed E-state index contributed by atoms with van der Waals surface area (Å²) in [5.74, 6) is 0.291. The molecule has 1 saturated heterocycles. The van der Waals surface area contributed by atoms with Crippen LogP contribution in [-0.4, -0.2) is 60.9 Å². The maximum atomic E-state index is 12.1. The van der Waals surface area contributed by atoms with Crippen molar-refractivity contribution in [2.45, 2.75) is 33.2 Å². The molecule has 1 aliphatic rings. The van der Waals surface area contributed by atoms with Gasteiger partial charge in [0.05, 0.1) is 10.5 Å². The first-order valence-electron chi connectivity index (χ1n) is 6.87. The number of nitrogens with one attached hydrogen (secondary N) is 1. The Kier molecular flexibility index (Phi) is 5.91. The van der Waals surface area contributed by atoms with Crippen LogP contribution in [-0.2, 0) is 10.2 Å². The molecule has 20 heavy (non-hydrogen) atoms. The molecule has 1 fully saturated rings. The van der Waals surface area contributed by atoms with Crippen molar-refractivity contribution in [3.63, 3.8) is 0 Å². The molecule has 1 heterocycles. The van der Waals surface area contributed by atoms with E-state index in [1.165, 1.54) is 4.31 Å². The van der Waals surface area contributed by atoms with Gasteiger partial charge in [-0.25, -0.2) is 4.72 Å². The molecule has 0 aromatic carbocycles. The molecule has 1 rings (SSSR count). The number of hydrogen-bond acceptors (Lipinski definition) is 4. The monoisotopic (exact) mass is 322 g/mol. The Labute approximate surface area is 127 Å². The third kappa shape index (κ3) is 4.36. The minimum Gasteiger partial charge on any atom is -0.392 e. The third-order valence-electron chi connectivity index (χ3n) is 3.65. The molecule has 3 N–H and O–H groups in total. The van der Waals surface area contributed by atoms with Crippen LogP contribution in [0.25, 0.3) is 0 Å². The molecule has 0 unspecified atom stereocenters. The van der Waals surface area contributed by atoms with Crippen LogP contribution >= 0.6 is 12.2 Å². The Hall–Kier alpha value is -0.280. The molecule has 0 aromatic heterocycles. The lowest BCUT2D eigenvalue weighted by molar-refractivity contribution is 0.123. The van der Waals surface area contributed by atoms with Gasteiger partial charge in [0.2, 0.25) is 0 Å². The van der Waals surface area contributed by atoms with Crippen LogP contribution < -0.4 is 10.5 Å². The second-order valence-corrected chi connectivity index (χ2v) is 8.25. The average Bonchev–Trinajstić information content (AvgIpc) is 2.36. The molecular weight excluding hydrogens is 296 g/mol. The Morgan fingerprint density at radius 2 is 1.80 bits per heavy atom. The lowest BCUT2D eigenvalue weighted by atomic mass is 10.0. The highest BCUT2D eigenvalue weighted by Crippen LogP contribution is 2.18. The Morgan fingerprint density at radius 1 is 1.30 bits per heavy atom. The van der Waals surface area contributed by atoms with Crippen LogP contribution in [0.5, 0.6) is 0 Å². The normalized spacial score (nSPS) is 19.4. The van der Waals surface area contributed by atoms with Crippen molar-refractivity contribution in [3.05, 3.63) is 0 Å². The van der Waals surface area contributed by atoms with E-state index in [9.17, 15) is 8.42 Å². The molecule has 0 aliphatic carbocycles. The largest absolute Gasteiger partial charge is 0.392 e. The first kappa shape index (κ1) is 17.8. The lowest BCUT2D eigenvalue weighted by Crippen LogP contribution is -2.60. The fourth-order valence-electron chi connectivity index (χ4n) is 2.01. The second-order valence-electron chi connectivity index (χ2n) is 6.06. The smallest absolute Gasteiger partial charge is 0.279 e. The number of thiocarbonyl (C=S) groups is 1. The summed E-state index contributed by atoms with van der Waals surface area (Å²) >= 11 is 5.08. The minimum absolute atomic E-state index is 0.291. The number of piperazine rings is 1. The zero-order valence-corrected chi connectivity index (χ0v) is 14.4. The zero-order chi connectivity index (χ0) is 15.6. The van der Waals surface area contributed by atoms with Crippen molar-refractivity contribution >= 4 is 27.4 Å². The predicted octanol–water partition coefficient (Wildman–Crippen LogP) is 0.159. The Bertz CT molecular complexity index is 440. The minimum atomic E-state index is -3.37. The van der Waals surface area contributed by atoms with Gasteiger partial charge in [-0.3, -0.25) is 4.90 Å². The van der Waals surface area contributed by atoms with Crippen LogP contribution in [0.2, 0.25) is 0 Å². The molecule has 0 radical (unpaired) electrons. The summed E-state index contributed by atoms with van der Waals surface area (Å²) in [6, 6.07) is 0. The van der Waals surface area contributed by atoms with Crippen molar-refractivity contribution in [2.75, 3.05) is 32.7 Å². The van der Waals surface area contributed by atoms with E-state index in [1.54, 1.807) is 0 Å². The SMILES string of the molecule is CC(C)CNS(=O)(=O)N1CCN(C(C)(C)C(N)=S)CC1. The number of rotatable bonds is 6. The molecule has 0 saturated carbocycles. The van der Waals surface area contributed by atoms with Gasteiger partial charge in [0.25, 0.3) is 10.2 Å². The van der Waals surface area contributed by atoms with E-state index < -0.39 is 10.2 Å². The molecule has 118 valence electrons. The zero-order valence-electron chi connectivity index (χ0n) is 12.7. The third-order valence-corrected chi connectivity index (χ3v) is 5.72. The molecule has 1 aliphatic heterocycles. The van der Waals surface area contributed by atoms with Crippen molar-refractivity contribution < 1.29 is 8.42 Å². The first-order chi connectivity index (χ1) is 9.07. The Balaban J connectivity index is 2.60.